The van der Waals surface area contributed by atoms with Crippen LogP contribution in [0, 0.1) is 0 Å². The van der Waals surface area contributed by atoms with E-state index in [2.05, 4.69) is 10.2 Å². The Morgan fingerprint density at radius 3 is 2.41 bits per heavy atom. The smallest absolute Gasteiger partial charge is 0.303 e. The van der Waals surface area contributed by atoms with Gasteiger partial charge in [-0.3, -0.25) is 9.59 Å². The molecule has 0 aromatic carbocycles. The molecule has 1 heterocycles. The zero-order chi connectivity index (χ0) is 11.8. The summed E-state index contributed by atoms with van der Waals surface area (Å²) in [6, 6.07) is 0. The van der Waals surface area contributed by atoms with Crippen LogP contribution in [0.1, 0.15) is 32.1 Å². The summed E-state index contributed by atoms with van der Waals surface area (Å²) in [7, 11) is 0. The maximum atomic E-state index is 11.3. The number of hydrogen-bond acceptors (Lipinski definition) is 3. The van der Waals surface area contributed by atoms with Gasteiger partial charge < -0.3 is 15.3 Å². The van der Waals surface area contributed by atoms with E-state index in [1.165, 1.54) is 12.8 Å². The lowest BCUT2D eigenvalue weighted by Gasteiger charge is -2.14. The van der Waals surface area contributed by atoms with Gasteiger partial charge in [0.25, 0.3) is 0 Å². The monoisotopic (exact) mass is 264 g/mol. The third-order valence-electron chi connectivity index (χ3n) is 2.74. The van der Waals surface area contributed by atoms with Gasteiger partial charge in [0, 0.05) is 25.9 Å². The second kappa shape index (κ2) is 9.24. The van der Waals surface area contributed by atoms with Gasteiger partial charge in [0.2, 0.25) is 5.91 Å². The summed E-state index contributed by atoms with van der Waals surface area (Å²) >= 11 is 0. The van der Waals surface area contributed by atoms with Gasteiger partial charge in [-0.1, -0.05) is 0 Å². The minimum absolute atomic E-state index is 0. The lowest BCUT2D eigenvalue weighted by Crippen LogP contribution is -2.33. The van der Waals surface area contributed by atoms with Gasteiger partial charge in [0.15, 0.2) is 0 Å². The average Bonchev–Trinajstić information content (AvgIpc) is 2.70. The second-order valence-electron chi connectivity index (χ2n) is 4.15. The van der Waals surface area contributed by atoms with Crippen molar-refractivity contribution in [3.8, 4) is 0 Å². The van der Waals surface area contributed by atoms with E-state index < -0.39 is 5.97 Å². The van der Waals surface area contributed by atoms with E-state index in [-0.39, 0.29) is 24.7 Å². The number of rotatable bonds is 7. The highest BCUT2D eigenvalue weighted by molar-refractivity contribution is 5.85. The van der Waals surface area contributed by atoms with Gasteiger partial charge in [-0.15, -0.1) is 12.4 Å². The minimum atomic E-state index is -0.843. The summed E-state index contributed by atoms with van der Waals surface area (Å²) in [4.78, 5) is 23.8. The molecule has 0 aliphatic carbocycles. The molecule has 1 amide bonds. The van der Waals surface area contributed by atoms with Crippen LogP contribution in [0.15, 0.2) is 0 Å². The topological polar surface area (TPSA) is 69.6 Å². The first kappa shape index (κ1) is 16.2. The molecule has 0 spiro atoms. The predicted octanol–water partition coefficient (Wildman–Crippen LogP) is 0.875. The van der Waals surface area contributed by atoms with Crippen LogP contribution in [-0.4, -0.2) is 48.1 Å². The van der Waals surface area contributed by atoms with Crippen molar-refractivity contribution in [3.05, 3.63) is 0 Å². The van der Waals surface area contributed by atoms with E-state index in [0.717, 1.165) is 19.6 Å². The standard InChI is InChI=1S/C11H20N2O3.ClH/c14-10(4-3-5-11(15)16)12-6-9-13-7-1-2-8-13;/h1-9H2,(H,12,14)(H,15,16);1H. The molecule has 1 aliphatic rings. The Morgan fingerprint density at radius 2 is 1.82 bits per heavy atom. The first-order chi connectivity index (χ1) is 7.68. The molecule has 0 aromatic rings. The molecule has 17 heavy (non-hydrogen) atoms. The van der Waals surface area contributed by atoms with Gasteiger partial charge in [-0.2, -0.15) is 0 Å². The molecule has 1 saturated heterocycles. The number of nitrogens with zero attached hydrogens (tertiary/aromatic N) is 1. The maximum Gasteiger partial charge on any atom is 0.303 e. The van der Waals surface area contributed by atoms with Gasteiger partial charge in [-0.05, 0) is 32.4 Å². The Labute approximate surface area is 108 Å². The highest BCUT2D eigenvalue weighted by Crippen LogP contribution is 2.05. The number of hydrogen-bond donors (Lipinski definition) is 2. The summed E-state index contributed by atoms with van der Waals surface area (Å²) in [5.41, 5.74) is 0. The first-order valence-corrected chi connectivity index (χ1v) is 5.89. The van der Waals surface area contributed by atoms with Crippen LogP contribution >= 0.6 is 12.4 Å². The van der Waals surface area contributed by atoms with Crippen LogP contribution in [0.5, 0.6) is 0 Å². The van der Waals surface area contributed by atoms with Crippen LogP contribution < -0.4 is 5.32 Å². The van der Waals surface area contributed by atoms with Crippen LogP contribution in [0.2, 0.25) is 0 Å². The number of likely N-dealkylation sites (tertiary alicyclic amines) is 1. The van der Waals surface area contributed by atoms with Crippen LogP contribution in [-0.2, 0) is 9.59 Å². The molecular formula is C11H21ClN2O3. The third kappa shape index (κ3) is 7.99. The van der Waals surface area contributed by atoms with Crippen molar-refractivity contribution in [2.24, 2.45) is 0 Å². The zero-order valence-electron chi connectivity index (χ0n) is 9.98. The number of halogens is 1. The third-order valence-corrected chi connectivity index (χ3v) is 2.74. The first-order valence-electron chi connectivity index (χ1n) is 5.89. The fraction of sp³-hybridized carbons (Fsp3) is 0.818. The number of carbonyl (C=O) groups excluding carboxylic acids is 1. The van der Waals surface area contributed by atoms with E-state index in [4.69, 9.17) is 5.11 Å². The Bertz CT molecular complexity index is 243. The van der Waals surface area contributed by atoms with Crippen LogP contribution in [0.3, 0.4) is 0 Å². The van der Waals surface area contributed by atoms with Crippen molar-refractivity contribution in [1.29, 1.82) is 0 Å². The molecule has 0 radical (unpaired) electrons. The van der Waals surface area contributed by atoms with Gasteiger partial charge in [-0.25, -0.2) is 0 Å². The summed E-state index contributed by atoms with van der Waals surface area (Å²) in [6.07, 6.45) is 3.32. The number of carboxylic acid groups (broad SMARTS) is 1. The molecule has 0 bridgehead atoms. The number of carbonyl (C=O) groups is 2. The SMILES string of the molecule is Cl.O=C(O)CCCC(=O)NCCN1CCCC1. The quantitative estimate of drug-likeness (QED) is 0.716. The predicted molar refractivity (Wildman–Crippen MR) is 67.4 cm³/mol. The normalized spacial score (nSPS) is 15.3. The molecule has 0 atom stereocenters. The molecule has 0 unspecified atom stereocenters. The lowest BCUT2D eigenvalue weighted by atomic mass is 10.2. The Balaban J connectivity index is 0.00000256. The summed E-state index contributed by atoms with van der Waals surface area (Å²) in [5, 5.41) is 11.2. The van der Waals surface area contributed by atoms with E-state index in [9.17, 15) is 9.59 Å². The van der Waals surface area contributed by atoms with Crippen LogP contribution in [0.25, 0.3) is 0 Å². The summed E-state index contributed by atoms with van der Waals surface area (Å²) in [6.45, 7) is 3.85. The van der Waals surface area contributed by atoms with Gasteiger partial charge in [0.05, 0.1) is 0 Å². The largest absolute Gasteiger partial charge is 0.481 e. The van der Waals surface area contributed by atoms with Crippen molar-refractivity contribution in [1.82, 2.24) is 10.2 Å². The highest BCUT2D eigenvalue weighted by Gasteiger charge is 2.11. The number of nitrogens with one attached hydrogen (secondary N) is 1. The molecule has 0 saturated carbocycles. The average molecular weight is 265 g/mol. The fourth-order valence-corrected chi connectivity index (χ4v) is 1.85. The summed E-state index contributed by atoms with van der Waals surface area (Å²) < 4.78 is 0. The van der Waals surface area contributed by atoms with Gasteiger partial charge >= 0.3 is 5.97 Å². The highest BCUT2D eigenvalue weighted by atomic mass is 35.5. The second-order valence-corrected chi connectivity index (χ2v) is 4.15. The maximum absolute atomic E-state index is 11.3. The van der Waals surface area contributed by atoms with Gasteiger partial charge in [0.1, 0.15) is 0 Å². The molecule has 5 nitrogen and oxygen atoms in total. The van der Waals surface area contributed by atoms with Crippen molar-refractivity contribution < 1.29 is 14.7 Å². The van der Waals surface area contributed by atoms with Crippen molar-refractivity contribution in [2.75, 3.05) is 26.2 Å². The zero-order valence-corrected chi connectivity index (χ0v) is 10.8. The van der Waals surface area contributed by atoms with Crippen molar-refractivity contribution in [3.63, 3.8) is 0 Å². The Hall–Kier alpha value is -0.810. The molecule has 0 aromatic heterocycles. The minimum Gasteiger partial charge on any atom is -0.481 e. The lowest BCUT2D eigenvalue weighted by molar-refractivity contribution is -0.137. The molecule has 6 heteroatoms. The van der Waals surface area contributed by atoms with Crippen molar-refractivity contribution >= 4 is 24.3 Å². The Kier molecular flexibility index (Phi) is 8.80. The molecule has 100 valence electrons. The molecule has 1 fully saturated rings. The molecule has 2 N–H and O–H groups in total. The number of carboxylic acids is 1. The van der Waals surface area contributed by atoms with Crippen molar-refractivity contribution in [2.45, 2.75) is 32.1 Å². The van der Waals surface area contributed by atoms with Crippen LogP contribution in [0.4, 0.5) is 0 Å². The number of amides is 1. The Morgan fingerprint density at radius 1 is 1.18 bits per heavy atom. The number of aliphatic carboxylic acids is 1. The van der Waals surface area contributed by atoms with E-state index in [1.807, 2.05) is 0 Å². The van der Waals surface area contributed by atoms with E-state index >= 15 is 0 Å². The molecular weight excluding hydrogens is 244 g/mol. The van der Waals surface area contributed by atoms with E-state index in [1.54, 1.807) is 0 Å². The van der Waals surface area contributed by atoms with E-state index in [0.29, 0.717) is 19.4 Å². The molecule has 1 aliphatic heterocycles. The molecule has 1 rings (SSSR count). The fourth-order valence-electron chi connectivity index (χ4n) is 1.85. The summed E-state index contributed by atoms with van der Waals surface area (Å²) in [5.74, 6) is -0.884.